The van der Waals surface area contributed by atoms with E-state index >= 15 is 0 Å². The summed E-state index contributed by atoms with van der Waals surface area (Å²) < 4.78 is 6.02. The van der Waals surface area contributed by atoms with Crippen LogP contribution in [-0.4, -0.2) is 41.2 Å². The highest BCUT2D eigenvalue weighted by Crippen LogP contribution is 2.31. The Hall–Kier alpha value is -1.70. The Morgan fingerprint density at radius 3 is 2.17 bits per heavy atom. The number of halogens is 4. The lowest BCUT2D eigenvalue weighted by Gasteiger charge is -2.19. The molecule has 1 aromatic heterocycles. The van der Waals surface area contributed by atoms with Crippen LogP contribution in [0.15, 0.2) is 65.1 Å². The molecule has 2 N–H and O–H groups in total. The fourth-order valence-electron chi connectivity index (χ4n) is 4.33. The van der Waals surface area contributed by atoms with Gasteiger partial charge in [0.15, 0.2) is 0 Å². The number of benzene rings is 3. The number of nitrogens with zero attached hydrogens (tertiary/aromatic N) is 1. The molecule has 188 valence electrons. The van der Waals surface area contributed by atoms with Gasteiger partial charge in [-0.05, 0) is 85.4 Å². The van der Waals surface area contributed by atoms with Gasteiger partial charge in [-0.1, -0.05) is 64.6 Å². The van der Waals surface area contributed by atoms with Gasteiger partial charge in [0.05, 0.1) is 20.1 Å². The Kier molecular flexibility index (Phi) is 9.29. The maximum Gasteiger partial charge on any atom is 0.488 e. The van der Waals surface area contributed by atoms with Gasteiger partial charge < -0.3 is 19.4 Å². The first-order valence-electron chi connectivity index (χ1n) is 11.7. The van der Waals surface area contributed by atoms with Crippen molar-refractivity contribution in [3.05, 3.63) is 86.5 Å². The molecule has 36 heavy (non-hydrogen) atoms. The molecule has 0 spiro atoms. The lowest BCUT2D eigenvalue weighted by molar-refractivity contribution is 0.266. The third-order valence-corrected chi connectivity index (χ3v) is 7.88. The van der Waals surface area contributed by atoms with Gasteiger partial charge in [-0.15, -0.1) is 0 Å². The molecule has 1 atom stereocenters. The monoisotopic (exact) mass is 563 g/mol. The maximum atomic E-state index is 8.69. The zero-order chi connectivity index (χ0) is 25.8. The number of hydrogen-bond donors (Lipinski definition) is 2. The largest absolute Gasteiger partial charge is 0.488 e. The van der Waals surface area contributed by atoms with Crippen molar-refractivity contribution in [2.24, 2.45) is 0 Å². The minimum absolute atomic E-state index is 0.317. The normalized spacial score (nSPS) is 15.7. The number of furan rings is 1. The molecular weight excluding hydrogens is 539 g/mol. The van der Waals surface area contributed by atoms with E-state index in [1.807, 2.05) is 24.3 Å². The molecule has 0 unspecified atom stereocenters. The van der Waals surface area contributed by atoms with E-state index in [1.165, 1.54) is 37.6 Å². The summed E-state index contributed by atoms with van der Waals surface area (Å²) >= 11 is 23.4. The molecule has 0 aliphatic carbocycles. The van der Waals surface area contributed by atoms with E-state index in [0.29, 0.717) is 31.6 Å². The van der Waals surface area contributed by atoms with Gasteiger partial charge in [0.1, 0.15) is 11.3 Å². The smallest absolute Gasteiger partial charge is 0.461 e. The lowest BCUT2D eigenvalue weighted by Crippen LogP contribution is -2.29. The average Bonchev–Trinajstić information content (AvgIpc) is 3.46. The van der Waals surface area contributed by atoms with Crippen LogP contribution in [0.3, 0.4) is 0 Å². The molecule has 0 amide bonds. The molecule has 0 radical (unpaired) electrons. The van der Waals surface area contributed by atoms with E-state index in [1.54, 1.807) is 0 Å². The van der Waals surface area contributed by atoms with Crippen molar-refractivity contribution >= 4 is 70.0 Å². The Bertz CT molecular complexity index is 1340. The van der Waals surface area contributed by atoms with Crippen molar-refractivity contribution in [3.63, 3.8) is 0 Å². The Balaban J connectivity index is 0.000000233. The van der Waals surface area contributed by atoms with E-state index in [2.05, 4.69) is 30.0 Å². The molecule has 1 aliphatic heterocycles. The van der Waals surface area contributed by atoms with Gasteiger partial charge in [-0.2, -0.15) is 0 Å². The molecule has 1 fully saturated rings. The van der Waals surface area contributed by atoms with Crippen molar-refractivity contribution in [2.45, 2.75) is 32.2 Å². The highest BCUT2D eigenvalue weighted by atomic mass is 35.5. The number of fused-ring (bicyclic) bond motifs is 1. The lowest BCUT2D eigenvalue weighted by atomic mass is 9.80. The van der Waals surface area contributed by atoms with Crippen LogP contribution in [0.2, 0.25) is 20.1 Å². The van der Waals surface area contributed by atoms with Crippen molar-refractivity contribution in [1.29, 1.82) is 0 Å². The topological polar surface area (TPSA) is 56.8 Å². The van der Waals surface area contributed by atoms with Gasteiger partial charge in [0, 0.05) is 24.4 Å². The SMILES string of the molecule is C[C@@H]1CCCN1CCc1cc2cc(-c3ccc(Cl)c(Cl)c3)ccc2o1.OB(O)c1ccc(Cl)c(Cl)c1. The second-order valence-electron chi connectivity index (χ2n) is 8.92. The van der Waals surface area contributed by atoms with Crippen LogP contribution in [0.25, 0.3) is 22.1 Å². The predicted molar refractivity (Wildman–Crippen MR) is 152 cm³/mol. The second-order valence-corrected chi connectivity index (χ2v) is 10.5. The Labute approximate surface area is 231 Å². The maximum absolute atomic E-state index is 8.69. The average molecular weight is 565 g/mol. The molecule has 4 nitrogen and oxygen atoms in total. The van der Waals surface area contributed by atoms with Crippen molar-refractivity contribution < 1.29 is 14.5 Å². The first-order valence-corrected chi connectivity index (χ1v) is 13.3. The van der Waals surface area contributed by atoms with Gasteiger partial charge >= 0.3 is 7.12 Å². The van der Waals surface area contributed by atoms with Crippen molar-refractivity contribution in [2.75, 3.05) is 13.1 Å². The van der Waals surface area contributed by atoms with Gasteiger partial charge in [0.2, 0.25) is 0 Å². The predicted octanol–water partition coefficient (Wildman–Crippen LogP) is 7.11. The molecule has 1 aliphatic rings. The summed E-state index contributed by atoms with van der Waals surface area (Å²) in [4.78, 5) is 2.55. The first-order chi connectivity index (χ1) is 17.2. The quantitative estimate of drug-likeness (QED) is 0.254. The molecule has 4 aromatic rings. The van der Waals surface area contributed by atoms with Crippen LogP contribution in [0.5, 0.6) is 0 Å². The van der Waals surface area contributed by atoms with Gasteiger partial charge in [0.25, 0.3) is 0 Å². The first kappa shape index (κ1) is 27.3. The number of hydrogen-bond acceptors (Lipinski definition) is 4. The number of likely N-dealkylation sites (tertiary alicyclic amines) is 1. The minimum Gasteiger partial charge on any atom is -0.461 e. The summed E-state index contributed by atoms with van der Waals surface area (Å²) in [5, 5.41) is 20.4. The summed E-state index contributed by atoms with van der Waals surface area (Å²) in [5.74, 6) is 1.06. The van der Waals surface area contributed by atoms with Crippen LogP contribution in [0, 0.1) is 0 Å². The fraction of sp³-hybridized carbons (Fsp3) is 0.259. The summed E-state index contributed by atoms with van der Waals surface area (Å²) in [7, 11) is -1.50. The van der Waals surface area contributed by atoms with E-state index in [-0.39, 0.29) is 0 Å². The van der Waals surface area contributed by atoms with Crippen molar-refractivity contribution in [3.8, 4) is 11.1 Å². The van der Waals surface area contributed by atoms with Gasteiger partial charge in [-0.25, -0.2) is 0 Å². The molecule has 3 aromatic carbocycles. The molecule has 0 saturated carbocycles. The summed E-state index contributed by atoms with van der Waals surface area (Å²) in [6.07, 6.45) is 3.59. The van der Waals surface area contributed by atoms with Crippen LogP contribution in [0.4, 0.5) is 0 Å². The third kappa shape index (κ3) is 6.79. The van der Waals surface area contributed by atoms with Crippen LogP contribution in [-0.2, 0) is 6.42 Å². The van der Waals surface area contributed by atoms with Crippen LogP contribution >= 0.6 is 46.4 Å². The summed E-state index contributed by atoms with van der Waals surface area (Å²) in [5.41, 5.74) is 3.45. The zero-order valence-corrected chi connectivity index (χ0v) is 22.7. The molecule has 9 heteroatoms. The minimum atomic E-state index is -1.50. The van der Waals surface area contributed by atoms with E-state index in [4.69, 9.17) is 60.9 Å². The number of rotatable bonds is 5. The standard InChI is InChI=1S/C21H21Cl2NO.C6H5BCl2O2/c1-14-3-2-9-24(14)10-8-18-12-17-11-15(5-7-21(17)25-18)16-4-6-19(22)20(23)13-16;8-5-2-1-4(7(10)11)3-6(5)9/h4-7,11-14H,2-3,8-10H2,1H3;1-3,10-11H/t14-;/m1./s1. The molecule has 0 bridgehead atoms. The van der Waals surface area contributed by atoms with Crippen molar-refractivity contribution in [1.82, 2.24) is 4.90 Å². The Morgan fingerprint density at radius 1 is 0.861 bits per heavy atom. The van der Waals surface area contributed by atoms with Gasteiger partial charge in [-0.3, -0.25) is 0 Å². The summed E-state index contributed by atoms with van der Waals surface area (Å²) in [6.45, 7) is 4.60. The molecule has 1 saturated heterocycles. The van der Waals surface area contributed by atoms with Crippen LogP contribution in [0.1, 0.15) is 25.5 Å². The molecule has 2 heterocycles. The van der Waals surface area contributed by atoms with E-state index in [9.17, 15) is 0 Å². The summed E-state index contributed by atoms with van der Waals surface area (Å²) in [6, 6.07) is 19.3. The second kappa shape index (κ2) is 12.2. The van der Waals surface area contributed by atoms with E-state index in [0.717, 1.165) is 40.8 Å². The highest BCUT2D eigenvalue weighted by molar-refractivity contribution is 6.59. The Morgan fingerprint density at radius 2 is 1.53 bits per heavy atom. The van der Waals surface area contributed by atoms with Crippen LogP contribution < -0.4 is 5.46 Å². The molecule has 5 rings (SSSR count). The fourth-order valence-corrected chi connectivity index (χ4v) is 4.93. The highest BCUT2D eigenvalue weighted by Gasteiger charge is 2.20. The molecular formula is C27H26BCl4NO3. The van der Waals surface area contributed by atoms with E-state index < -0.39 is 7.12 Å². The third-order valence-electron chi connectivity index (χ3n) is 6.40. The zero-order valence-electron chi connectivity index (χ0n) is 19.7.